The van der Waals surface area contributed by atoms with Crippen molar-refractivity contribution in [1.29, 1.82) is 5.26 Å². The van der Waals surface area contributed by atoms with Gasteiger partial charge in [0, 0.05) is 35.9 Å². The van der Waals surface area contributed by atoms with E-state index in [0.717, 1.165) is 52.8 Å². The zero-order valence-corrected chi connectivity index (χ0v) is 14.7. The number of benzene rings is 1. The topological polar surface area (TPSA) is 88.9 Å². The van der Waals surface area contributed by atoms with Crippen molar-refractivity contribution in [3.8, 4) is 17.5 Å². The lowest BCUT2D eigenvalue weighted by Gasteiger charge is -2.24. The average molecular weight is 358 g/mol. The van der Waals surface area contributed by atoms with E-state index in [-0.39, 0.29) is 11.9 Å². The lowest BCUT2D eigenvalue weighted by Crippen LogP contribution is -2.43. The van der Waals surface area contributed by atoms with Crippen LogP contribution in [0.15, 0.2) is 36.5 Å². The molecule has 0 bridgehead atoms. The molecule has 27 heavy (non-hydrogen) atoms. The highest BCUT2D eigenvalue weighted by Crippen LogP contribution is 2.38. The second-order valence-corrected chi connectivity index (χ2v) is 6.97. The number of anilines is 1. The van der Waals surface area contributed by atoms with E-state index in [1.807, 2.05) is 35.2 Å². The van der Waals surface area contributed by atoms with Gasteiger partial charge in [0.25, 0.3) is 0 Å². The summed E-state index contributed by atoms with van der Waals surface area (Å²) >= 11 is 0. The average Bonchev–Trinajstić information content (AvgIpc) is 3.44. The zero-order chi connectivity index (χ0) is 18.4. The summed E-state index contributed by atoms with van der Waals surface area (Å²) in [6.07, 6.45) is 6.31. The molecule has 7 heteroatoms. The van der Waals surface area contributed by atoms with E-state index >= 15 is 0 Å². The summed E-state index contributed by atoms with van der Waals surface area (Å²) in [6, 6.07) is 9.57. The van der Waals surface area contributed by atoms with Gasteiger partial charge in [0.1, 0.15) is 11.7 Å². The third-order valence-corrected chi connectivity index (χ3v) is 5.55. The molecule has 1 fully saturated rings. The molecule has 5 rings (SSSR count). The first-order valence-electron chi connectivity index (χ1n) is 9.17. The Balaban J connectivity index is 1.55. The largest absolute Gasteiger partial charge is 0.310 e. The third kappa shape index (κ3) is 2.37. The van der Waals surface area contributed by atoms with Crippen LogP contribution in [0.25, 0.3) is 22.3 Å². The minimum absolute atomic E-state index is 0.0264. The zero-order valence-electron chi connectivity index (χ0n) is 14.7. The molecule has 2 aliphatic heterocycles. The van der Waals surface area contributed by atoms with Crippen molar-refractivity contribution in [2.45, 2.75) is 25.3 Å². The number of likely N-dealkylation sites (tertiary alicyclic amines) is 1. The second-order valence-electron chi connectivity index (χ2n) is 6.97. The van der Waals surface area contributed by atoms with E-state index in [9.17, 15) is 10.1 Å². The number of amides is 1. The molecule has 1 aromatic carbocycles. The van der Waals surface area contributed by atoms with Gasteiger partial charge in [-0.15, -0.1) is 0 Å². The molecule has 1 amide bonds. The van der Waals surface area contributed by atoms with Crippen molar-refractivity contribution in [3.63, 3.8) is 0 Å². The van der Waals surface area contributed by atoms with Gasteiger partial charge in [0.05, 0.1) is 0 Å². The summed E-state index contributed by atoms with van der Waals surface area (Å²) in [4.78, 5) is 20.9. The van der Waals surface area contributed by atoms with Gasteiger partial charge in [-0.1, -0.05) is 12.1 Å². The van der Waals surface area contributed by atoms with Crippen molar-refractivity contribution < 1.29 is 4.79 Å². The van der Waals surface area contributed by atoms with Crippen LogP contribution >= 0.6 is 0 Å². The van der Waals surface area contributed by atoms with Crippen LogP contribution in [0.3, 0.4) is 0 Å². The van der Waals surface area contributed by atoms with Gasteiger partial charge in [-0.05, 0) is 43.0 Å². The second kappa shape index (κ2) is 6.09. The summed E-state index contributed by atoms with van der Waals surface area (Å²) in [7, 11) is 0. The van der Waals surface area contributed by atoms with Crippen LogP contribution in [0.5, 0.6) is 0 Å². The highest BCUT2D eigenvalue weighted by Gasteiger charge is 2.37. The number of carbonyl (C=O) groups is 1. The minimum Gasteiger partial charge on any atom is -0.310 e. The Labute approximate surface area is 156 Å². The van der Waals surface area contributed by atoms with Crippen molar-refractivity contribution in [2.75, 3.05) is 18.0 Å². The summed E-state index contributed by atoms with van der Waals surface area (Å²) < 4.78 is 0. The normalized spacial score (nSPS) is 18.7. The number of hydrogen-bond donors (Lipinski definition) is 1. The molecular formula is C20H18N6O. The third-order valence-electron chi connectivity index (χ3n) is 5.55. The number of pyridine rings is 1. The Kier molecular flexibility index (Phi) is 3.57. The predicted octanol–water partition coefficient (Wildman–Crippen LogP) is 2.46. The molecule has 134 valence electrons. The number of H-pyrrole nitrogens is 1. The number of aromatic amines is 1. The van der Waals surface area contributed by atoms with E-state index < -0.39 is 0 Å². The maximum atomic E-state index is 13.1. The molecule has 7 nitrogen and oxygen atoms in total. The maximum absolute atomic E-state index is 13.1. The van der Waals surface area contributed by atoms with Crippen LogP contribution in [0, 0.1) is 11.5 Å². The predicted molar refractivity (Wildman–Crippen MR) is 101 cm³/mol. The number of nitriles is 1. The lowest BCUT2D eigenvalue weighted by molar-refractivity contribution is -0.121. The number of aromatic nitrogens is 3. The van der Waals surface area contributed by atoms with Gasteiger partial charge in [-0.2, -0.15) is 10.4 Å². The van der Waals surface area contributed by atoms with Gasteiger partial charge in [0.15, 0.2) is 11.8 Å². The van der Waals surface area contributed by atoms with Gasteiger partial charge >= 0.3 is 0 Å². The molecule has 2 aliphatic rings. The molecule has 1 atom stereocenters. The molecule has 0 radical (unpaired) electrons. The Morgan fingerprint density at radius 2 is 2.19 bits per heavy atom. The standard InChI is InChI=1S/C20H18N6O/c21-12-25-10-3-7-17(25)20(27)26-11-8-13-14(4-1-6-16(13)26)18-15-5-2-9-22-19(15)24-23-18/h1-2,4-6,9,17H,3,7-8,10-11H2,(H,22,23,24). The molecule has 1 unspecified atom stereocenters. The van der Waals surface area contributed by atoms with Gasteiger partial charge in [-0.3, -0.25) is 14.8 Å². The van der Waals surface area contributed by atoms with Crippen LogP contribution in [-0.2, 0) is 11.2 Å². The minimum atomic E-state index is -0.333. The quantitative estimate of drug-likeness (QED) is 0.711. The van der Waals surface area contributed by atoms with E-state index in [1.165, 1.54) is 0 Å². The first-order chi connectivity index (χ1) is 13.3. The number of fused-ring (bicyclic) bond motifs is 2. The highest BCUT2D eigenvalue weighted by molar-refractivity contribution is 6.01. The molecular weight excluding hydrogens is 340 g/mol. The molecule has 4 heterocycles. The van der Waals surface area contributed by atoms with Crippen molar-refractivity contribution in [3.05, 3.63) is 42.1 Å². The lowest BCUT2D eigenvalue weighted by atomic mass is 10.0. The van der Waals surface area contributed by atoms with Crippen LogP contribution in [0.2, 0.25) is 0 Å². The van der Waals surface area contributed by atoms with Gasteiger partial charge < -0.3 is 4.90 Å². The molecule has 1 saturated heterocycles. The first-order valence-corrected chi connectivity index (χ1v) is 9.17. The van der Waals surface area contributed by atoms with E-state index in [0.29, 0.717) is 13.1 Å². The van der Waals surface area contributed by atoms with Crippen LogP contribution in [0.1, 0.15) is 18.4 Å². The maximum Gasteiger partial charge on any atom is 0.250 e. The molecule has 1 N–H and O–H groups in total. The first kappa shape index (κ1) is 15.8. The van der Waals surface area contributed by atoms with Gasteiger partial charge in [0.2, 0.25) is 5.91 Å². The van der Waals surface area contributed by atoms with Crippen LogP contribution < -0.4 is 4.90 Å². The number of nitrogens with zero attached hydrogens (tertiary/aromatic N) is 5. The summed E-state index contributed by atoms with van der Waals surface area (Å²) in [6.45, 7) is 1.31. The molecule has 0 spiro atoms. The fourth-order valence-electron chi connectivity index (χ4n) is 4.27. The SMILES string of the molecule is N#CN1CCCC1C(=O)N1CCc2c(-c3n[nH]c4ncccc34)cccc21. The molecule has 2 aromatic heterocycles. The summed E-state index contributed by atoms with van der Waals surface area (Å²) in [5.74, 6) is 0.0264. The van der Waals surface area contributed by atoms with Crippen molar-refractivity contribution in [2.24, 2.45) is 0 Å². The number of hydrogen-bond acceptors (Lipinski definition) is 5. The van der Waals surface area contributed by atoms with Crippen molar-refractivity contribution in [1.82, 2.24) is 20.1 Å². The highest BCUT2D eigenvalue weighted by atomic mass is 16.2. The Bertz CT molecular complexity index is 1080. The molecule has 0 saturated carbocycles. The summed E-state index contributed by atoms with van der Waals surface area (Å²) in [5.41, 5.74) is 4.72. The van der Waals surface area contributed by atoms with Crippen LogP contribution in [-0.4, -0.2) is 45.1 Å². The Hall–Kier alpha value is -3.40. The Morgan fingerprint density at radius 3 is 3.07 bits per heavy atom. The monoisotopic (exact) mass is 358 g/mol. The fourth-order valence-corrected chi connectivity index (χ4v) is 4.27. The number of carbonyl (C=O) groups excluding carboxylic acids is 1. The van der Waals surface area contributed by atoms with E-state index in [4.69, 9.17) is 0 Å². The van der Waals surface area contributed by atoms with Crippen LogP contribution in [0.4, 0.5) is 5.69 Å². The summed E-state index contributed by atoms with van der Waals surface area (Å²) in [5, 5.41) is 17.7. The molecule has 3 aromatic rings. The number of nitrogens with one attached hydrogen (secondary N) is 1. The number of rotatable bonds is 2. The van der Waals surface area contributed by atoms with E-state index in [2.05, 4.69) is 21.4 Å². The van der Waals surface area contributed by atoms with E-state index in [1.54, 1.807) is 11.1 Å². The Morgan fingerprint density at radius 1 is 1.26 bits per heavy atom. The smallest absolute Gasteiger partial charge is 0.250 e. The molecule has 0 aliphatic carbocycles. The fraction of sp³-hybridized carbons (Fsp3) is 0.300. The van der Waals surface area contributed by atoms with Crippen molar-refractivity contribution >= 4 is 22.6 Å². The van der Waals surface area contributed by atoms with Gasteiger partial charge in [-0.25, -0.2) is 4.98 Å².